The summed E-state index contributed by atoms with van der Waals surface area (Å²) in [5.74, 6) is 0.891. The van der Waals surface area contributed by atoms with E-state index >= 15 is 0 Å². The quantitative estimate of drug-likeness (QED) is 0.844. The highest BCUT2D eigenvalue weighted by atomic mass is 32.1. The van der Waals surface area contributed by atoms with Crippen LogP contribution in [0.5, 0.6) is 5.75 Å². The van der Waals surface area contributed by atoms with Crippen LogP contribution in [0.15, 0.2) is 24.3 Å². The summed E-state index contributed by atoms with van der Waals surface area (Å²) in [6.07, 6.45) is 1.01. The minimum Gasteiger partial charge on any atom is -0.494 e. The summed E-state index contributed by atoms with van der Waals surface area (Å²) < 4.78 is 5.63. The molecule has 1 aromatic heterocycles. The van der Waals surface area contributed by atoms with Crippen molar-refractivity contribution in [2.45, 2.75) is 26.8 Å². The van der Waals surface area contributed by atoms with Crippen molar-refractivity contribution in [2.24, 2.45) is 0 Å². The van der Waals surface area contributed by atoms with Crippen LogP contribution >= 0.6 is 11.3 Å². The van der Waals surface area contributed by atoms with Crippen molar-refractivity contribution in [3.05, 3.63) is 29.3 Å². The number of hydrogen-bond donors (Lipinski definition) is 1. The van der Waals surface area contributed by atoms with Crippen molar-refractivity contribution in [2.75, 3.05) is 13.2 Å². The number of ether oxygens (including phenoxy) is 1. The molecule has 0 saturated heterocycles. The minimum absolute atomic E-state index is 0.741. The van der Waals surface area contributed by atoms with Gasteiger partial charge in [-0.15, -0.1) is 10.2 Å². The minimum atomic E-state index is 0.741. The Balaban J connectivity index is 2.10. The van der Waals surface area contributed by atoms with Gasteiger partial charge in [0.1, 0.15) is 15.8 Å². The van der Waals surface area contributed by atoms with Gasteiger partial charge in [-0.3, -0.25) is 0 Å². The zero-order chi connectivity index (χ0) is 13.5. The lowest BCUT2D eigenvalue weighted by atomic mass is 10.2. The lowest BCUT2D eigenvalue weighted by Crippen LogP contribution is -2.11. The Morgan fingerprint density at radius 1 is 1.26 bits per heavy atom. The van der Waals surface area contributed by atoms with E-state index in [-0.39, 0.29) is 0 Å². The molecule has 2 aromatic rings. The topological polar surface area (TPSA) is 47.0 Å². The van der Waals surface area contributed by atoms with Crippen LogP contribution < -0.4 is 10.1 Å². The Morgan fingerprint density at radius 2 is 2.16 bits per heavy atom. The normalized spacial score (nSPS) is 10.6. The Bertz CT molecular complexity index is 513. The Morgan fingerprint density at radius 3 is 2.95 bits per heavy atom. The van der Waals surface area contributed by atoms with E-state index in [9.17, 15) is 0 Å². The first kappa shape index (κ1) is 14.0. The van der Waals surface area contributed by atoms with Gasteiger partial charge in [-0.25, -0.2) is 0 Å². The number of nitrogens with one attached hydrogen (secondary N) is 1. The largest absolute Gasteiger partial charge is 0.494 e. The third kappa shape index (κ3) is 4.01. The van der Waals surface area contributed by atoms with Crippen LogP contribution in [0.2, 0.25) is 0 Å². The van der Waals surface area contributed by atoms with Crippen molar-refractivity contribution in [1.82, 2.24) is 15.5 Å². The smallest absolute Gasteiger partial charge is 0.147 e. The first-order valence-corrected chi connectivity index (χ1v) is 7.41. The Hall–Kier alpha value is -1.46. The van der Waals surface area contributed by atoms with E-state index in [2.05, 4.69) is 29.4 Å². The predicted octanol–water partition coefficient (Wildman–Crippen LogP) is 3.10. The molecule has 1 aromatic carbocycles. The van der Waals surface area contributed by atoms with Gasteiger partial charge in [0.05, 0.1) is 6.61 Å². The molecule has 19 heavy (non-hydrogen) atoms. The van der Waals surface area contributed by atoms with E-state index in [0.29, 0.717) is 0 Å². The number of hydrogen-bond acceptors (Lipinski definition) is 5. The molecule has 4 nitrogen and oxygen atoms in total. The molecule has 0 aliphatic carbocycles. The Kier molecular flexibility index (Phi) is 5.30. The third-order valence-electron chi connectivity index (χ3n) is 2.55. The van der Waals surface area contributed by atoms with Crippen LogP contribution in [0, 0.1) is 0 Å². The second-order valence-electron chi connectivity index (χ2n) is 4.16. The van der Waals surface area contributed by atoms with Gasteiger partial charge >= 0.3 is 0 Å². The van der Waals surface area contributed by atoms with E-state index in [4.69, 9.17) is 4.74 Å². The molecule has 102 valence electrons. The molecule has 2 rings (SSSR count). The molecule has 1 heterocycles. The summed E-state index contributed by atoms with van der Waals surface area (Å²) in [5, 5.41) is 13.6. The predicted molar refractivity (Wildman–Crippen MR) is 78.5 cm³/mol. The van der Waals surface area contributed by atoms with Gasteiger partial charge < -0.3 is 10.1 Å². The van der Waals surface area contributed by atoms with Gasteiger partial charge in [-0.1, -0.05) is 37.3 Å². The lowest BCUT2D eigenvalue weighted by molar-refractivity contribution is 0.317. The van der Waals surface area contributed by atoms with Crippen LogP contribution in [-0.4, -0.2) is 23.3 Å². The summed E-state index contributed by atoms with van der Waals surface area (Å²) in [7, 11) is 0. The van der Waals surface area contributed by atoms with E-state index in [1.807, 2.05) is 24.3 Å². The van der Waals surface area contributed by atoms with E-state index < -0.39 is 0 Å². The molecule has 0 saturated carbocycles. The average molecular weight is 277 g/mol. The molecule has 0 aliphatic heterocycles. The van der Waals surface area contributed by atoms with Gasteiger partial charge in [0.15, 0.2) is 0 Å². The van der Waals surface area contributed by atoms with Gasteiger partial charge in [0, 0.05) is 12.1 Å². The van der Waals surface area contributed by atoms with Crippen LogP contribution in [0.3, 0.4) is 0 Å². The van der Waals surface area contributed by atoms with Crippen LogP contribution in [0.4, 0.5) is 0 Å². The van der Waals surface area contributed by atoms with Gasteiger partial charge in [-0.05, 0) is 25.1 Å². The maximum absolute atomic E-state index is 5.63. The van der Waals surface area contributed by atoms with Crippen LogP contribution in [-0.2, 0) is 6.54 Å². The molecule has 0 unspecified atom stereocenters. The first-order valence-electron chi connectivity index (χ1n) is 6.59. The Labute approximate surface area is 117 Å². The zero-order valence-electron chi connectivity index (χ0n) is 11.3. The molecule has 0 fully saturated rings. The molecule has 5 heteroatoms. The SMILES string of the molecule is CCCOc1cccc(-c2nnc(CNCC)s2)c1. The number of aromatic nitrogens is 2. The van der Waals surface area contributed by atoms with E-state index in [1.54, 1.807) is 11.3 Å². The molecule has 0 bridgehead atoms. The lowest BCUT2D eigenvalue weighted by Gasteiger charge is -2.04. The van der Waals surface area contributed by atoms with Crippen molar-refractivity contribution < 1.29 is 4.74 Å². The molecule has 0 aliphatic rings. The van der Waals surface area contributed by atoms with Crippen molar-refractivity contribution in [3.63, 3.8) is 0 Å². The highest BCUT2D eigenvalue weighted by Gasteiger charge is 2.07. The average Bonchev–Trinajstić information content (AvgIpc) is 2.92. The fourth-order valence-electron chi connectivity index (χ4n) is 1.61. The zero-order valence-corrected chi connectivity index (χ0v) is 12.2. The second-order valence-corrected chi connectivity index (χ2v) is 5.22. The maximum atomic E-state index is 5.63. The number of benzene rings is 1. The van der Waals surface area contributed by atoms with Crippen LogP contribution in [0.25, 0.3) is 10.6 Å². The highest BCUT2D eigenvalue weighted by Crippen LogP contribution is 2.26. The molecule has 0 spiro atoms. The van der Waals surface area contributed by atoms with Crippen molar-refractivity contribution in [1.29, 1.82) is 0 Å². The number of rotatable bonds is 7. The van der Waals surface area contributed by atoms with Crippen LogP contribution in [0.1, 0.15) is 25.3 Å². The standard InChI is InChI=1S/C14H19N3OS/c1-3-8-18-12-7-5-6-11(9-12)14-17-16-13(19-14)10-15-4-2/h5-7,9,15H,3-4,8,10H2,1-2H3. The summed E-state index contributed by atoms with van der Waals surface area (Å²) in [5.41, 5.74) is 1.06. The molecule has 0 radical (unpaired) electrons. The van der Waals surface area contributed by atoms with Crippen molar-refractivity contribution >= 4 is 11.3 Å². The first-order chi connectivity index (χ1) is 9.33. The molecular weight excluding hydrogens is 258 g/mol. The third-order valence-corrected chi connectivity index (χ3v) is 3.52. The monoisotopic (exact) mass is 277 g/mol. The summed E-state index contributed by atoms with van der Waals surface area (Å²) in [6, 6.07) is 8.02. The molecule has 1 N–H and O–H groups in total. The fraction of sp³-hybridized carbons (Fsp3) is 0.429. The fourth-order valence-corrected chi connectivity index (χ4v) is 2.42. The molecule has 0 atom stereocenters. The van der Waals surface area contributed by atoms with Crippen molar-refractivity contribution in [3.8, 4) is 16.3 Å². The molecular formula is C14H19N3OS. The summed E-state index contributed by atoms with van der Waals surface area (Å²) in [4.78, 5) is 0. The van der Waals surface area contributed by atoms with E-state index in [0.717, 1.165) is 47.4 Å². The molecule has 0 amide bonds. The van der Waals surface area contributed by atoms with Gasteiger partial charge in [0.25, 0.3) is 0 Å². The van der Waals surface area contributed by atoms with Gasteiger partial charge in [-0.2, -0.15) is 0 Å². The van der Waals surface area contributed by atoms with Gasteiger partial charge in [0.2, 0.25) is 0 Å². The summed E-state index contributed by atoms with van der Waals surface area (Å²) in [6.45, 7) is 6.64. The highest BCUT2D eigenvalue weighted by molar-refractivity contribution is 7.14. The second kappa shape index (κ2) is 7.21. The maximum Gasteiger partial charge on any atom is 0.147 e. The van der Waals surface area contributed by atoms with E-state index in [1.165, 1.54) is 0 Å². The number of nitrogens with zero attached hydrogens (tertiary/aromatic N) is 2. The summed E-state index contributed by atoms with van der Waals surface area (Å²) >= 11 is 1.62.